The molecule has 0 N–H and O–H groups in total. The highest BCUT2D eigenvalue weighted by Gasteiger charge is 2.16. The lowest BCUT2D eigenvalue weighted by Gasteiger charge is -2.21. The van der Waals surface area contributed by atoms with Crippen molar-refractivity contribution in [1.29, 1.82) is 0 Å². The summed E-state index contributed by atoms with van der Waals surface area (Å²) in [5.74, 6) is 0.355. The third-order valence-corrected chi connectivity index (χ3v) is 6.67. The first-order valence-corrected chi connectivity index (χ1v) is 15.4. The fourth-order valence-corrected chi connectivity index (χ4v) is 3.96. The van der Waals surface area contributed by atoms with E-state index >= 15 is 0 Å². The molecule has 0 aliphatic rings. The van der Waals surface area contributed by atoms with Crippen molar-refractivity contribution >= 4 is 5.71 Å². The van der Waals surface area contributed by atoms with Gasteiger partial charge in [-0.05, 0) is 119 Å². The zero-order valence-corrected chi connectivity index (χ0v) is 30.0. The molecule has 0 aliphatic carbocycles. The Morgan fingerprint density at radius 1 is 0.833 bits per heavy atom. The first kappa shape index (κ1) is 40.9. The van der Waals surface area contributed by atoms with Gasteiger partial charge in [0, 0.05) is 17.3 Å². The normalized spacial score (nSPS) is 12.5. The van der Waals surface area contributed by atoms with Crippen LogP contribution in [0.2, 0.25) is 0 Å². The largest absolute Gasteiger partial charge is 0.263 e. The summed E-state index contributed by atoms with van der Waals surface area (Å²) in [7, 11) is 0. The van der Waals surface area contributed by atoms with Crippen molar-refractivity contribution < 1.29 is 0 Å². The monoisotopic (exact) mass is 569 g/mol. The molecule has 1 rings (SSSR count). The molecule has 1 aromatic rings. The summed E-state index contributed by atoms with van der Waals surface area (Å²) in [6.45, 7) is 39.9. The van der Waals surface area contributed by atoms with Crippen LogP contribution >= 0.6 is 0 Å². The molecule has 42 heavy (non-hydrogen) atoms. The highest BCUT2D eigenvalue weighted by Crippen LogP contribution is 2.31. The van der Waals surface area contributed by atoms with E-state index < -0.39 is 0 Å². The van der Waals surface area contributed by atoms with Crippen molar-refractivity contribution in [2.24, 2.45) is 10.9 Å². The van der Waals surface area contributed by atoms with Gasteiger partial charge in [0.1, 0.15) is 0 Å². The molecule has 1 heteroatoms. The van der Waals surface area contributed by atoms with E-state index in [1.165, 1.54) is 50.1 Å². The van der Waals surface area contributed by atoms with Gasteiger partial charge >= 0.3 is 0 Å². The van der Waals surface area contributed by atoms with Crippen molar-refractivity contribution in [2.45, 2.75) is 117 Å². The van der Waals surface area contributed by atoms with Crippen molar-refractivity contribution in [2.75, 3.05) is 0 Å². The van der Waals surface area contributed by atoms with Crippen LogP contribution in [0.4, 0.5) is 0 Å². The Kier molecular flexibility index (Phi) is 21.9. The summed E-state index contributed by atoms with van der Waals surface area (Å²) >= 11 is 0. The van der Waals surface area contributed by atoms with Crippen LogP contribution in [0.1, 0.15) is 114 Å². The third-order valence-electron chi connectivity index (χ3n) is 6.67. The van der Waals surface area contributed by atoms with Crippen molar-refractivity contribution in [3.63, 3.8) is 0 Å². The number of benzene rings is 1. The van der Waals surface area contributed by atoms with Crippen LogP contribution in [0.3, 0.4) is 0 Å². The molecule has 0 saturated carbocycles. The summed E-state index contributed by atoms with van der Waals surface area (Å²) in [6.07, 6.45) is 12.9. The molecular weight excluding hydrogens is 506 g/mol. The van der Waals surface area contributed by atoms with E-state index in [1.807, 2.05) is 27.7 Å². The number of hydrogen-bond donors (Lipinski definition) is 0. The molecule has 1 aromatic carbocycles. The van der Waals surface area contributed by atoms with Gasteiger partial charge in [0.05, 0.1) is 0 Å². The van der Waals surface area contributed by atoms with Gasteiger partial charge in [0.15, 0.2) is 0 Å². The van der Waals surface area contributed by atoms with Crippen molar-refractivity contribution in [1.82, 2.24) is 0 Å². The van der Waals surface area contributed by atoms with Crippen LogP contribution in [0, 0.1) is 19.8 Å². The highest BCUT2D eigenvalue weighted by molar-refractivity contribution is 5.80. The Balaban J connectivity index is 0. The predicted octanol–water partition coefficient (Wildman–Crippen LogP) is 13.4. The minimum atomic E-state index is 0.355. The van der Waals surface area contributed by atoms with Gasteiger partial charge in [-0.1, -0.05) is 121 Å². The Hall–Kier alpha value is -3.19. The molecule has 0 bridgehead atoms. The van der Waals surface area contributed by atoms with Crippen LogP contribution in [-0.4, -0.2) is 5.71 Å². The van der Waals surface area contributed by atoms with Crippen LogP contribution in [-0.2, 0) is 0 Å². The van der Waals surface area contributed by atoms with Crippen molar-refractivity contribution in [3.05, 3.63) is 129 Å². The fourth-order valence-electron chi connectivity index (χ4n) is 3.96. The number of nitrogens with zero attached hydrogens (tertiary/aromatic N) is 1. The quantitative estimate of drug-likeness (QED) is 0.196. The van der Waals surface area contributed by atoms with Crippen LogP contribution in [0.15, 0.2) is 123 Å². The summed E-state index contributed by atoms with van der Waals surface area (Å²) in [6, 6.07) is 8.48. The maximum atomic E-state index is 4.65. The lowest BCUT2D eigenvalue weighted by atomic mass is 9.86. The van der Waals surface area contributed by atoms with Crippen LogP contribution in [0.25, 0.3) is 0 Å². The molecule has 0 aliphatic heterocycles. The number of rotatable bonds is 10. The first-order valence-electron chi connectivity index (χ1n) is 15.4. The molecule has 232 valence electrons. The second kappa shape index (κ2) is 22.4. The van der Waals surface area contributed by atoms with Gasteiger partial charge in [-0.15, -0.1) is 0 Å². The zero-order chi connectivity index (χ0) is 33.0. The zero-order valence-electron chi connectivity index (χ0n) is 30.0. The second-order valence-corrected chi connectivity index (χ2v) is 12.0. The van der Waals surface area contributed by atoms with Gasteiger partial charge < -0.3 is 0 Å². The lowest BCUT2D eigenvalue weighted by Crippen LogP contribution is -2.06. The maximum absolute atomic E-state index is 4.65. The molecule has 0 heterocycles. The molecule has 0 radical (unpaired) electrons. The fraction of sp³-hybridized carbons (Fsp3) is 0.439. The summed E-state index contributed by atoms with van der Waals surface area (Å²) in [5, 5.41) is 0. The smallest absolute Gasteiger partial charge is 0.0412 e. The van der Waals surface area contributed by atoms with Crippen LogP contribution < -0.4 is 0 Å². The predicted molar refractivity (Wildman–Crippen MR) is 196 cm³/mol. The molecule has 1 atom stereocenters. The van der Waals surface area contributed by atoms with E-state index in [0.29, 0.717) is 5.92 Å². The van der Waals surface area contributed by atoms with Gasteiger partial charge in [-0.3, -0.25) is 4.99 Å². The standard InChI is InChI=1S/C19H31N.C14H22.C8H10/c1-9-11-13-15(5)17(7)19(16(6)12-10-2)18(8)20-14(3)4;1-10(2)8-14(12(5)6)9-13(7)11(3)4;1-7-3-5-8(2)6-4-7/h9,11,13,17H,6,10,12H2,1-5,7-8H3;8-9H,3H2,1-2,4-7H3;3-6H,1-2H3/b11-9-,15-13+,19-18-;13-9+;. The third kappa shape index (κ3) is 19.0. The lowest BCUT2D eigenvalue weighted by molar-refractivity contribution is 0.766. The van der Waals surface area contributed by atoms with Gasteiger partial charge in [-0.25, -0.2) is 0 Å². The minimum Gasteiger partial charge on any atom is -0.263 e. The number of hydrogen-bond acceptors (Lipinski definition) is 1. The Labute approximate surface area is 262 Å². The highest BCUT2D eigenvalue weighted by atomic mass is 14.7. The maximum Gasteiger partial charge on any atom is 0.0412 e. The summed E-state index contributed by atoms with van der Waals surface area (Å²) in [4.78, 5) is 4.65. The molecular formula is C41H63N. The van der Waals surface area contributed by atoms with E-state index in [1.54, 1.807) is 0 Å². The average molecular weight is 570 g/mol. The minimum absolute atomic E-state index is 0.355. The van der Waals surface area contributed by atoms with E-state index in [9.17, 15) is 0 Å². The Bertz CT molecular complexity index is 1180. The molecule has 1 nitrogen and oxygen atoms in total. The van der Waals surface area contributed by atoms with Gasteiger partial charge in [-0.2, -0.15) is 0 Å². The topological polar surface area (TPSA) is 12.4 Å². The molecule has 0 aromatic heterocycles. The average Bonchev–Trinajstić information content (AvgIpc) is 2.88. The number of aryl methyl sites for hydroxylation is 2. The van der Waals surface area contributed by atoms with Gasteiger partial charge in [0.25, 0.3) is 0 Å². The number of aliphatic imine (C=N–C) groups is 1. The number of allylic oxidation sites excluding steroid dienone is 14. The first-order chi connectivity index (χ1) is 19.5. The second-order valence-electron chi connectivity index (χ2n) is 12.0. The van der Waals surface area contributed by atoms with E-state index in [2.05, 4.69) is 149 Å². The SMILES string of the molecule is C=C(C)/C(C)=C/C(C=C(C)C)=C(C)C.C=C(CCC)/C(=C(\C)N=C(C)C)C(C)/C(C)=C/C=C\C.Cc1ccc(C)cc1. The summed E-state index contributed by atoms with van der Waals surface area (Å²) in [5.41, 5.74) is 15.1. The van der Waals surface area contributed by atoms with Gasteiger partial charge in [0.2, 0.25) is 0 Å². The molecule has 1 unspecified atom stereocenters. The molecule has 0 amide bonds. The molecule has 0 saturated heterocycles. The van der Waals surface area contributed by atoms with E-state index in [-0.39, 0.29) is 0 Å². The Morgan fingerprint density at radius 3 is 1.69 bits per heavy atom. The summed E-state index contributed by atoms with van der Waals surface area (Å²) < 4.78 is 0. The van der Waals surface area contributed by atoms with Crippen molar-refractivity contribution in [3.8, 4) is 0 Å². The Morgan fingerprint density at radius 2 is 1.33 bits per heavy atom. The molecule has 0 fully saturated rings. The van der Waals surface area contributed by atoms with E-state index in [0.717, 1.165) is 29.8 Å². The van der Waals surface area contributed by atoms with E-state index in [4.69, 9.17) is 0 Å². The van der Waals surface area contributed by atoms with Crippen LogP contribution in [0.5, 0.6) is 0 Å². The molecule has 0 spiro atoms.